The van der Waals surface area contributed by atoms with Crippen LogP contribution in [0.3, 0.4) is 0 Å². The number of hydrogen-bond donors (Lipinski definition) is 1. The van der Waals surface area contributed by atoms with Gasteiger partial charge in [0.2, 0.25) is 0 Å². The summed E-state index contributed by atoms with van der Waals surface area (Å²) in [6.45, 7) is 6.89. The summed E-state index contributed by atoms with van der Waals surface area (Å²) >= 11 is 6.04. The smallest absolute Gasteiger partial charge is 0.262 e. The zero-order chi connectivity index (χ0) is 18.1. The Morgan fingerprint density at radius 2 is 2.00 bits per heavy atom. The molecule has 132 valence electrons. The van der Waals surface area contributed by atoms with E-state index in [2.05, 4.69) is 38.2 Å². The van der Waals surface area contributed by atoms with Crippen LogP contribution >= 0.6 is 11.6 Å². The Hall–Kier alpha value is -2.20. The van der Waals surface area contributed by atoms with E-state index in [0.29, 0.717) is 22.9 Å². The van der Waals surface area contributed by atoms with Crippen LogP contribution in [0.5, 0.6) is 5.75 Å². The summed E-state index contributed by atoms with van der Waals surface area (Å²) in [5.74, 6) is 0.424. The van der Waals surface area contributed by atoms with Crippen molar-refractivity contribution in [2.75, 3.05) is 23.9 Å². The van der Waals surface area contributed by atoms with E-state index in [4.69, 9.17) is 16.3 Å². The fraction of sp³-hybridized carbons (Fsp3) is 0.350. The summed E-state index contributed by atoms with van der Waals surface area (Å²) in [6, 6.07) is 9.54. The number of nitrogens with one attached hydrogen (secondary N) is 1. The maximum atomic E-state index is 13.3. The number of amides is 1. The van der Waals surface area contributed by atoms with Crippen molar-refractivity contribution < 1.29 is 9.53 Å². The highest BCUT2D eigenvalue weighted by Crippen LogP contribution is 2.36. The van der Waals surface area contributed by atoms with Crippen LogP contribution in [0.25, 0.3) is 0 Å². The molecule has 0 spiro atoms. The highest BCUT2D eigenvalue weighted by molar-refractivity contribution is 6.31. The normalized spacial score (nSPS) is 16.2. The van der Waals surface area contributed by atoms with Gasteiger partial charge in [-0.15, -0.1) is 0 Å². The third-order valence-corrected chi connectivity index (χ3v) is 5.03. The van der Waals surface area contributed by atoms with Crippen LogP contribution in [0.15, 0.2) is 30.3 Å². The molecule has 5 heteroatoms. The Morgan fingerprint density at radius 1 is 1.28 bits per heavy atom. The van der Waals surface area contributed by atoms with Crippen molar-refractivity contribution in [3.8, 4) is 5.75 Å². The number of ether oxygens (including phenoxy) is 1. The molecule has 1 N–H and O–H groups in total. The van der Waals surface area contributed by atoms with Gasteiger partial charge in [0, 0.05) is 17.6 Å². The number of carbonyl (C=O) groups excluding carboxylic acids is 1. The molecular formula is C20H23ClN2O2. The number of fused-ring (bicyclic) bond motifs is 1. The van der Waals surface area contributed by atoms with Gasteiger partial charge in [-0.1, -0.05) is 18.5 Å². The summed E-state index contributed by atoms with van der Waals surface area (Å²) in [7, 11) is 1.55. The minimum Gasteiger partial charge on any atom is -0.496 e. The monoisotopic (exact) mass is 358 g/mol. The van der Waals surface area contributed by atoms with E-state index in [1.165, 1.54) is 5.56 Å². The molecule has 1 heterocycles. The van der Waals surface area contributed by atoms with Gasteiger partial charge >= 0.3 is 0 Å². The summed E-state index contributed by atoms with van der Waals surface area (Å²) in [4.78, 5) is 15.1. The molecule has 3 rings (SSSR count). The van der Waals surface area contributed by atoms with E-state index in [1.54, 1.807) is 25.3 Å². The van der Waals surface area contributed by atoms with Crippen LogP contribution in [-0.2, 0) is 0 Å². The van der Waals surface area contributed by atoms with Crippen molar-refractivity contribution in [3.05, 3.63) is 52.0 Å². The van der Waals surface area contributed by atoms with E-state index < -0.39 is 0 Å². The molecule has 0 saturated carbocycles. The number of benzene rings is 2. The first-order valence-electron chi connectivity index (χ1n) is 8.47. The molecule has 0 aliphatic carbocycles. The third kappa shape index (κ3) is 3.31. The largest absolute Gasteiger partial charge is 0.496 e. The quantitative estimate of drug-likeness (QED) is 0.855. The lowest BCUT2D eigenvalue weighted by molar-refractivity contribution is 0.0982. The molecule has 25 heavy (non-hydrogen) atoms. The van der Waals surface area contributed by atoms with E-state index >= 15 is 0 Å². The van der Waals surface area contributed by atoms with Gasteiger partial charge in [-0.2, -0.15) is 0 Å². The first-order chi connectivity index (χ1) is 11.9. The van der Waals surface area contributed by atoms with E-state index in [-0.39, 0.29) is 11.9 Å². The van der Waals surface area contributed by atoms with Crippen molar-refractivity contribution in [2.24, 2.45) is 0 Å². The summed E-state index contributed by atoms with van der Waals surface area (Å²) in [5, 5.41) is 4.09. The number of aryl methyl sites for hydroxylation is 2. The highest BCUT2D eigenvalue weighted by atomic mass is 35.5. The molecule has 1 amide bonds. The average molecular weight is 359 g/mol. The third-order valence-electron chi connectivity index (χ3n) is 4.80. The molecule has 1 unspecified atom stereocenters. The minimum atomic E-state index is -0.0713. The molecule has 1 aliphatic heterocycles. The standard InChI is InChI=1S/C20H23ClN2O2/c1-5-15-11-23(18-9-13(3)12(2)8-17(18)22-15)20(24)16-7-6-14(21)10-19(16)25-4/h6-10,15,22H,5,11H2,1-4H3. The fourth-order valence-electron chi connectivity index (χ4n) is 3.13. The van der Waals surface area contributed by atoms with E-state index in [9.17, 15) is 4.79 Å². The SMILES string of the molecule is CCC1CN(C(=O)c2ccc(Cl)cc2OC)c2cc(C)c(C)cc2N1. The van der Waals surface area contributed by atoms with E-state index in [0.717, 1.165) is 23.4 Å². The molecule has 0 aromatic heterocycles. The van der Waals surface area contributed by atoms with Gasteiger partial charge in [0.25, 0.3) is 5.91 Å². The fourth-order valence-corrected chi connectivity index (χ4v) is 3.30. The molecule has 2 aromatic carbocycles. The van der Waals surface area contributed by atoms with Crippen molar-refractivity contribution in [1.82, 2.24) is 0 Å². The molecule has 0 fully saturated rings. The second-order valence-corrected chi connectivity index (χ2v) is 6.90. The Morgan fingerprint density at radius 3 is 2.68 bits per heavy atom. The lowest BCUT2D eigenvalue weighted by atomic mass is 10.0. The Labute approximate surface area is 153 Å². The summed E-state index contributed by atoms with van der Waals surface area (Å²) < 4.78 is 5.37. The van der Waals surface area contributed by atoms with Crippen LogP contribution in [0.2, 0.25) is 5.02 Å². The first-order valence-corrected chi connectivity index (χ1v) is 8.85. The second kappa shape index (κ2) is 6.96. The maximum Gasteiger partial charge on any atom is 0.262 e. The molecule has 0 radical (unpaired) electrons. The molecular weight excluding hydrogens is 336 g/mol. The van der Waals surface area contributed by atoms with Gasteiger partial charge in [-0.05, 0) is 61.7 Å². The summed E-state index contributed by atoms with van der Waals surface area (Å²) in [6.07, 6.45) is 0.938. The number of carbonyl (C=O) groups is 1. The Kier molecular flexibility index (Phi) is 4.91. The van der Waals surface area contributed by atoms with Crippen molar-refractivity contribution in [3.63, 3.8) is 0 Å². The van der Waals surface area contributed by atoms with Gasteiger partial charge in [-0.25, -0.2) is 0 Å². The number of hydrogen-bond acceptors (Lipinski definition) is 3. The number of methoxy groups -OCH3 is 1. The maximum absolute atomic E-state index is 13.3. The van der Waals surface area contributed by atoms with Gasteiger partial charge in [0.05, 0.1) is 24.0 Å². The lowest BCUT2D eigenvalue weighted by Crippen LogP contribution is -2.44. The van der Waals surface area contributed by atoms with E-state index in [1.807, 2.05) is 4.90 Å². The molecule has 0 bridgehead atoms. The Balaban J connectivity index is 2.07. The Bertz CT molecular complexity index is 820. The van der Waals surface area contributed by atoms with Crippen molar-refractivity contribution in [2.45, 2.75) is 33.2 Å². The number of rotatable bonds is 3. The van der Waals surface area contributed by atoms with Crippen LogP contribution < -0.4 is 15.0 Å². The van der Waals surface area contributed by atoms with Gasteiger partial charge in [0.1, 0.15) is 5.75 Å². The molecule has 2 aromatic rings. The first kappa shape index (κ1) is 17.6. The number of nitrogens with zero attached hydrogens (tertiary/aromatic N) is 1. The zero-order valence-corrected chi connectivity index (χ0v) is 15.8. The predicted octanol–water partition coefficient (Wildman–Crippen LogP) is 4.82. The van der Waals surface area contributed by atoms with Crippen molar-refractivity contribution >= 4 is 28.9 Å². The second-order valence-electron chi connectivity index (χ2n) is 6.46. The predicted molar refractivity (Wildman–Crippen MR) is 103 cm³/mol. The average Bonchev–Trinajstić information content (AvgIpc) is 2.61. The van der Waals surface area contributed by atoms with Gasteiger partial charge in [-0.3, -0.25) is 4.79 Å². The topological polar surface area (TPSA) is 41.6 Å². The molecule has 4 nitrogen and oxygen atoms in total. The summed E-state index contributed by atoms with van der Waals surface area (Å²) in [5.41, 5.74) is 4.81. The van der Waals surface area contributed by atoms with Crippen LogP contribution in [-0.4, -0.2) is 25.6 Å². The highest BCUT2D eigenvalue weighted by Gasteiger charge is 2.30. The van der Waals surface area contributed by atoms with Gasteiger partial charge < -0.3 is 15.0 Å². The molecule has 1 atom stereocenters. The molecule has 0 saturated heterocycles. The van der Waals surface area contributed by atoms with Crippen LogP contribution in [0.4, 0.5) is 11.4 Å². The minimum absolute atomic E-state index is 0.0713. The lowest BCUT2D eigenvalue weighted by Gasteiger charge is -2.36. The number of halogens is 1. The van der Waals surface area contributed by atoms with Crippen LogP contribution in [0.1, 0.15) is 34.8 Å². The van der Waals surface area contributed by atoms with Crippen LogP contribution in [0, 0.1) is 13.8 Å². The zero-order valence-electron chi connectivity index (χ0n) is 15.0. The number of anilines is 2. The van der Waals surface area contributed by atoms with Gasteiger partial charge in [0.15, 0.2) is 0 Å². The molecule has 1 aliphatic rings. The van der Waals surface area contributed by atoms with Crippen molar-refractivity contribution in [1.29, 1.82) is 0 Å².